The standard InChI is InChI=1S/C23H22F3N3O3S/c1-16-5-7-17(8-6-16)14-29(15-18-9-11-21(12-10-18)33(27,31)32)22(30)28-20-4-2-3-19(13-20)23(24,25)26/h2-13H,14-15H2,1H3,(H,28,30)(H2,27,31,32). The zero-order valence-corrected chi connectivity index (χ0v) is 18.5. The fourth-order valence-electron chi connectivity index (χ4n) is 3.09. The van der Waals surface area contributed by atoms with Crippen LogP contribution in [0.5, 0.6) is 0 Å². The molecule has 0 aliphatic heterocycles. The average molecular weight is 478 g/mol. The summed E-state index contributed by atoms with van der Waals surface area (Å²) in [4.78, 5) is 14.3. The molecule has 0 unspecified atom stereocenters. The number of anilines is 1. The average Bonchev–Trinajstić information content (AvgIpc) is 2.74. The normalized spacial score (nSPS) is 11.8. The predicted molar refractivity (Wildman–Crippen MR) is 119 cm³/mol. The van der Waals surface area contributed by atoms with Crippen LogP contribution in [0.1, 0.15) is 22.3 Å². The van der Waals surface area contributed by atoms with E-state index in [1.165, 1.54) is 41.3 Å². The molecule has 3 rings (SSSR count). The summed E-state index contributed by atoms with van der Waals surface area (Å²) in [5.41, 5.74) is 1.62. The van der Waals surface area contributed by atoms with Crippen LogP contribution in [-0.4, -0.2) is 19.3 Å². The highest BCUT2D eigenvalue weighted by Crippen LogP contribution is 2.30. The molecular weight excluding hydrogens is 455 g/mol. The Morgan fingerprint density at radius 2 is 1.48 bits per heavy atom. The Morgan fingerprint density at radius 3 is 2.00 bits per heavy atom. The number of alkyl halides is 3. The summed E-state index contributed by atoms with van der Waals surface area (Å²) in [5.74, 6) is 0. The highest BCUT2D eigenvalue weighted by atomic mass is 32.2. The first kappa shape index (κ1) is 24.3. The number of nitrogens with zero attached hydrogens (tertiary/aromatic N) is 1. The second-order valence-corrected chi connectivity index (χ2v) is 9.10. The molecule has 0 radical (unpaired) electrons. The predicted octanol–water partition coefficient (Wildman–Crippen LogP) is 4.90. The number of hydrogen-bond acceptors (Lipinski definition) is 3. The number of benzene rings is 3. The van der Waals surface area contributed by atoms with Gasteiger partial charge in [0.2, 0.25) is 10.0 Å². The lowest BCUT2D eigenvalue weighted by Gasteiger charge is -2.24. The van der Waals surface area contributed by atoms with Crippen LogP contribution in [0.4, 0.5) is 23.7 Å². The number of primary sulfonamides is 1. The van der Waals surface area contributed by atoms with Gasteiger partial charge in [0.15, 0.2) is 0 Å². The number of rotatable bonds is 6. The molecule has 3 N–H and O–H groups in total. The van der Waals surface area contributed by atoms with Crippen molar-refractivity contribution in [3.8, 4) is 0 Å². The molecule has 3 aromatic rings. The molecule has 33 heavy (non-hydrogen) atoms. The number of aryl methyl sites for hydroxylation is 1. The van der Waals surface area contributed by atoms with E-state index in [4.69, 9.17) is 5.14 Å². The second kappa shape index (κ2) is 9.63. The first-order valence-electron chi connectivity index (χ1n) is 9.82. The van der Waals surface area contributed by atoms with Crippen LogP contribution < -0.4 is 10.5 Å². The Kier molecular flexibility index (Phi) is 7.09. The molecular formula is C23H22F3N3O3S. The number of urea groups is 1. The van der Waals surface area contributed by atoms with Crippen molar-refractivity contribution < 1.29 is 26.4 Å². The lowest BCUT2D eigenvalue weighted by molar-refractivity contribution is -0.137. The summed E-state index contributed by atoms with van der Waals surface area (Å²) >= 11 is 0. The lowest BCUT2D eigenvalue weighted by atomic mass is 10.1. The molecule has 174 valence electrons. The Balaban J connectivity index is 1.84. The summed E-state index contributed by atoms with van der Waals surface area (Å²) in [6, 6.07) is 17.0. The van der Waals surface area contributed by atoms with Crippen molar-refractivity contribution in [2.75, 3.05) is 5.32 Å². The summed E-state index contributed by atoms with van der Waals surface area (Å²) in [6.07, 6.45) is -4.53. The third-order valence-corrected chi connectivity index (χ3v) is 5.78. The molecule has 0 saturated carbocycles. The van der Waals surface area contributed by atoms with Crippen LogP contribution in [0.2, 0.25) is 0 Å². The maximum Gasteiger partial charge on any atom is 0.416 e. The van der Waals surface area contributed by atoms with E-state index in [0.29, 0.717) is 5.56 Å². The molecule has 2 amide bonds. The van der Waals surface area contributed by atoms with Gasteiger partial charge in [-0.3, -0.25) is 0 Å². The van der Waals surface area contributed by atoms with Gasteiger partial charge in [-0.25, -0.2) is 18.4 Å². The van der Waals surface area contributed by atoms with E-state index < -0.39 is 27.8 Å². The van der Waals surface area contributed by atoms with Crippen LogP contribution in [0, 0.1) is 6.92 Å². The molecule has 0 aromatic heterocycles. The number of carbonyl (C=O) groups is 1. The quantitative estimate of drug-likeness (QED) is 0.529. The minimum Gasteiger partial charge on any atom is -0.316 e. The molecule has 0 heterocycles. The van der Waals surface area contributed by atoms with E-state index in [-0.39, 0.29) is 23.7 Å². The number of carbonyl (C=O) groups excluding carboxylic acids is 1. The summed E-state index contributed by atoms with van der Waals surface area (Å²) < 4.78 is 62.0. The van der Waals surface area contributed by atoms with Gasteiger partial charge < -0.3 is 10.2 Å². The second-order valence-electron chi connectivity index (χ2n) is 7.54. The Hall–Kier alpha value is -3.37. The molecule has 0 bridgehead atoms. The van der Waals surface area contributed by atoms with Crippen molar-refractivity contribution in [3.63, 3.8) is 0 Å². The number of amides is 2. The first-order valence-corrected chi connectivity index (χ1v) is 11.4. The third-order valence-electron chi connectivity index (χ3n) is 4.85. The van der Waals surface area contributed by atoms with E-state index in [1.807, 2.05) is 31.2 Å². The van der Waals surface area contributed by atoms with Gasteiger partial charge in [-0.15, -0.1) is 0 Å². The van der Waals surface area contributed by atoms with Crippen molar-refractivity contribution in [3.05, 3.63) is 95.1 Å². The summed E-state index contributed by atoms with van der Waals surface area (Å²) in [5, 5.41) is 7.63. The highest BCUT2D eigenvalue weighted by Gasteiger charge is 2.30. The van der Waals surface area contributed by atoms with Gasteiger partial charge >= 0.3 is 12.2 Å². The maximum absolute atomic E-state index is 13.0. The summed E-state index contributed by atoms with van der Waals surface area (Å²) in [7, 11) is -3.86. The molecule has 3 aromatic carbocycles. The van der Waals surface area contributed by atoms with Crippen LogP contribution >= 0.6 is 0 Å². The lowest BCUT2D eigenvalue weighted by Crippen LogP contribution is -2.34. The van der Waals surface area contributed by atoms with Crippen molar-refractivity contribution in [1.82, 2.24) is 4.90 Å². The Bertz CT molecular complexity index is 1230. The topological polar surface area (TPSA) is 92.5 Å². The Morgan fingerprint density at radius 1 is 0.939 bits per heavy atom. The molecule has 0 aliphatic rings. The third kappa shape index (κ3) is 6.80. The smallest absolute Gasteiger partial charge is 0.316 e. The van der Waals surface area contributed by atoms with Crippen molar-refractivity contribution in [2.45, 2.75) is 31.1 Å². The highest BCUT2D eigenvalue weighted by molar-refractivity contribution is 7.89. The molecule has 0 saturated heterocycles. The first-order chi connectivity index (χ1) is 15.4. The van der Waals surface area contributed by atoms with E-state index in [1.54, 1.807) is 0 Å². The zero-order chi connectivity index (χ0) is 24.2. The van der Waals surface area contributed by atoms with E-state index in [2.05, 4.69) is 5.32 Å². The van der Waals surface area contributed by atoms with Gasteiger partial charge in [-0.2, -0.15) is 13.2 Å². The summed E-state index contributed by atoms with van der Waals surface area (Å²) in [6.45, 7) is 2.19. The van der Waals surface area contributed by atoms with E-state index in [0.717, 1.165) is 23.3 Å². The van der Waals surface area contributed by atoms with Gasteiger partial charge in [0.1, 0.15) is 0 Å². The Labute approximate surface area is 189 Å². The van der Waals surface area contributed by atoms with Crippen LogP contribution in [0.25, 0.3) is 0 Å². The zero-order valence-electron chi connectivity index (χ0n) is 17.6. The van der Waals surface area contributed by atoms with E-state index in [9.17, 15) is 26.4 Å². The van der Waals surface area contributed by atoms with Crippen molar-refractivity contribution in [1.29, 1.82) is 0 Å². The fraction of sp³-hybridized carbons (Fsp3) is 0.174. The molecule has 0 fully saturated rings. The van der Waals surface area contributed by atoms with Crippen molar-refractivity contribution >= 4 is 21.7 Å². The largest absolute Gasteiger partial charge is 0.416 e. The van der Waals surface area contributed by atoms with Gasteiger partial charge in [-0.1, -0.05) is 48.0 Å². The molecule has 10 heteroatoms. The van der Waals surface area contributed by atoms with Gasteiger partial charge in [0.05, 0.1) is 10.5 Å². The monoisotopic (exact) mass is 477 g/mol. The van der Waals surface area contributed by atoms with Crippen LogP contribution in [-0.2, 0) is 29.3 Å². The number of halogens is 3. The molecule has 0 aliphatic carbocycles. The fourth-order valence-corrected chi connectivity index (χ4v) is 3.61. The molecule has 0 spiro atoms. The SMILES string of the molecule is Cc1ccc(CN(Cc2ccc(S(N)(=O)=O)cc2)C(=O)Nc2cccc(C(F)(F)F)c2)cc1. The van der Waals surface area contributed by atoms with Crippen molar-refractivity contribution in [2.24, 2.45) is 5.14 Å². The minimum atomic E-state index is -4.53. The molecule has 6 nitrogen and oxygen atoms in total. The maximum atomic E-state index is 13.0. The molecule has 0 atom stereocenters. The van der Waals surface area contributed by atoms with Crippen LogP contribution in [0.15, 0.2) is 77.7 Å². The van der Waals surface area contributed by atoms with Gasteiger partial charge in [0.25, 0.3) is 0 Å². The minimum absolute atomic E-state index is 0.00769. The number of hydrogen-bond donors (Lipinski definition) is 2. The van der Waals surface area contributed by atoms with Gasteiger partial charge in [-0.05, 0) is 48.4 Å². The van der Waals surface area contributed by atoms with Crippen LogP contribution in [0.3, 0.4) is 0 Å². The number of sulfonamides is 1. The van der Waals surface area contributed by atoms with Gasteiger partial charge in [0, 0.05) is 18.8 Å². The number of nitrogens with two attached hydrogens (primary N) is 1. The number of nitrogens with one attached hydrogen (secondary N) is 1. The van der Waals surface area contributed by atoms with E-state index >= 15 is 0 Å².